The Hall–Kier alpha value is -0.870. The van der Waals surface area contributed by atoms with Gasteiger partial charge in [-0.05, 0) is 31.0 Å². The summed E-state index contributed by atoms with van der Waals surface area (Å²) in [6.07, 6.45) is 4.48. The number of rotatable bonds is 4. The van der Waals surface area contributed by atoms with Gasteiger partial charge in [0.2, 0.25) is 0 Å². The molecule has 0 amide bonds. The van der Waals surface area contributed by atoms with Crippen LogP contribution in [-0.4, -0.2) is 23.6 Å². The highest BCUT2D eigenvalue weighted by Crippen LogP contribution is 2.30. The zero-order chi connectivity index (χ0) is 12.3. The molecule has 1 aromatic rings. The van der Waals surface area contributed by atoms with Crippen molar-refractivity contribution in [3.63, 3.8) is 0 Å². The van der Waals surface area contributed by atoms with Gasteiger partial charge in [-0.2, -0.15) is 0 Å². The second kappa shape index (κ2) is 5.19. The Morgan fingerprint density at radius 1 is 1.41 bits per heavy atom. The third-order valence-corrected chi connectivity index (χ3v) is 3.86. The van der Waals surface area contributed by atoms with Crippen molar-refractivity contribution >= 4 is 22.2 Å². The third-order valence-electron chi connectivity index (χ3n) is 3.14. The van der Waals surface area contributed by atoms with Crippen molar-refractivity contribution in [2.75, 3.05) is 6.61 Å². The first-order valence-electron chi connectivity index (χ1n) is 5.73. The molecule has 1 aliphatic carbocycles. The molecular weight excluding hydrogens is 284 g/mol. The number of benzene rings is 1. The van der Waals surface area contributed by atoms with Crippen LogP contribution in [0.4, 0.5) is 0 Å². The van der Waals surface area contributed by atoms with Gasteiger partial charge in [0.15, 0.2) is 6.29 Å². The number of carbonyl (C=O) groups excluding carboxylic acids is 1. The normalized spacial score (nSPS) is 18.0. The van der Waals surface area contributed by atoms with Gasteiger partial charge in [-0.1, -0.05) is 28.8 Å². The lowest BCUT2D eigenvalue weighted by molar-refractivity contribution is 0.00140. The second-order valence-corrected chi connectivity index (χ2v) is 5.38. The van der Waals surface area contributed by atoms with Crippen LogP contribution >= 0.6 is 15.9 Å². The Bertz CT molecular complexity index is 411. The smallest absolute Gasteiger partial charge is 0.151 e. The monoisotopic (exact) mass is 298 g/mol. The number of hydrogen-bond donors (Lipinski definition) is 1. The number of hydrogen-bond acceptors (Lipinski definition) is 3. The number of aldehydes is 1. The van der Waals surface area contributed by atoms with Crippen molar-refractivity contribution in [1.82, 2.24) is 0 Å². The number of ether oxygens (including phenoxy) is 1. The molecular formula is C13H15BrO3. The second-order valence-electron chi connectivity index (χ2n) is 4.52. The van der Waals surface area contributed by atoms with Crippen molar-refractivity contribution in [2.45, 2.75) is 31.3 Å². The molecule has 17 heavy (non-hydrogen) atoms. The maximum atomic E-state index is 10.8. The lowest BCUT2D eigenvalue weighted by Gasteiger charge is -2.22. The predicted molar refractivity (Wildman–Crippen MR) is 68.4 cm³/mol. The van der Waals surface area contributed by atoms with Gasteiger partial charge in [0.25, 0.3) is 0 Å². The van der Waals surface area contributed by atoms with Crippen LogP contribution < -0.4 is 4.74 Å². The Morgan fingerprint density at radius 3 is 2.76 bits per heavy atom. The Labute approximate surface area is 109 Å². The largest absolute Gasteiger partial charge is 0.491 e. The fourth-order valence-electron chi connectivity index (χ4n) is 2.10. The predicted octanol–water partition coefficient (Wildman–Crippen LogP) is 2.95. The minimum atomic E-state index is -0.686. The van der Waals surface area contributed by atoms with E-state index >= 15 is 0 Å². The average Bonchev–Trinajstić information content (AvgIpc) is 2.76. The van der Waals surface area contributed by atoms with Crippen LogP contribution in [0.3, 0.4) is 0 Å². The highest BCUT2D eigenvalue weighted by Gasteiger charge is 2.31. The summed E-state index contributed by atoms with van der Waals surface area (Å²) >= 11 is 3.28. The van der Waals surface area contributed by atoms with E-state index in [1.807, 2.05) is 0 Å². The Kier molecular flexibility index (Phi) is 3.84. The van der Waals surface area contributed by atoms with E-state index in [2.05, 4.69) is 15.9 Å². The van der Waals surface area contributed by atoms with Crippen LogP contribution in [0.25, 0.3) is 0 Å². The summed E-state index contributed by atoms with van der Waals surface area (Å²) in [6, 6.07) is 5.24. The molecule has 0 bridgehead atoms. The molecule has 0 heterocycles. The van der Waals surface area contributed by atoms with E-state index in [1.54, 1.807) is 18.2 Å². The minimum Gasteiger partial charge on any atom is -0.491 e. The Morgan fingerprint density at radius 2 is 2.12 bits per heavy atom. The quantitative estimate of drug-likeness (QED) is 0.870. The molecule has 92 valence electrons. The third kappa shape index (κ3) is 3.07. The van der Waals surface area contributed by atoms with E-state index in [0.717, 1.165) is 36.4 Å². The molecule has 1 aromatic carbocycles. The standard InChI is InChI=1S/C13H15BrO3/c14-12-4-3-11(7-10(12)8-15)17-9-13(16)5-1-2-6-13/h3-4,7-8,16H,1-2,5-6,9H2. The van der Waals surface area contributed by atoms with Crippen LogP contribution in [0.2, 0.25) is 0 Å². The highest BCUT2D eigenvalue weighted by atomic mass is 79.9. The maximum Gasteiger partial charge on any atom is 0.151 e. The lowest BCUT2D eigenvalue weighted by atomic mass is 10.0. The fourth-order valence-corrected chi connectivity index (χ4v) is 2.44. The zero-order valence-electron chi connectivity index (χ0n) is 9.49. The molecule has 1 aliphatic rings. The van der Waals surface area contributed by atoms with Gasteiger partial charge in [0, 0.05) is 10.0 Å². The van der Waals surface area contributed by atoms with E-state index in [1.165, 1.54) is 0 Å². The van der Waals surface area contributed by atoms with Crippen molar-refractivity contribution in [1.29, 1.82) is 0 Å². The van der Waals surface area contributed by atoms with Gasteiger partial charge in [0.05, 0.1) is 5.60 Å². The van der Waals surface area contributed by atoms with Crippen molar-refractivity contribution in [2.24, 2.45) is 0 Å². The Balaban J connectivity index is 2.01. The van der Waals surface area contributed by atoms with E-state index in [9.17, 15) is 9.90 Å². The van der Waals surface area contributed by atoms with Crippen molar-refractivity contribution < 1.29 is 14.6 Å². The molecule has 0 saturated heterocycles. The average molecular weight is 299 g/mol. The first-order chi connectivity index (χ1) is 8.13. The summed E-state index contributed by atoms with van der Waals surface area (Å²) in [6.45, 7) is 0.299. The van der Waals surface area contributed by atoms with E-state index < -0.39 is 5.60 Å². The molecule has 0 atom stereocenters. The van der Waals surface area contributed by atoms with Crippen molar-refractivity contribution in [3.05, 3.63) is 28.2 Å². The molecule has 0 spiro atoms. The van der Waals surface area contributed by atoms with Gasteiger partial charge < -0.3 is 9.84 Å². The van der Waals surface area contributed by atoms with Crippen LogP contribution in [0.5, 0.6) is 5.75 Å². The molecule has 1 fully saturated rings. The van der Waals surface area contributed by atoms with Crippen LogP contribution in [0.15, 0.2) is 22.7 Å². The fraction of sp³-hybridized carbons (Fsp3) is 0.462. The molecule has 0 radical (unpaired) electrons. The molecule has 3 nitrogen and oxygen atoms in total. The highest BCUT2D eigenvalue weighted by molar-refractivity contribution is 9.10. The number of carbonyl (C=O) groups is 1. The molecule has 1 saturated carbocycles. The van der Waals surface area contributed by atoms with E-state index in [0.29, 0.717) is 17.9 Å². The topological polar surface area (TPSA) is 46.5 Å². The number of aliphatic hydroxyl groups is 1. The van der Waals surface area contributed by atoms with Gasteiger partial charge in [-0.15, -0.1) is 0 Å². The van der Waals surface area contributed by atoms with Gasteiger partial charge in [0.1, 0.15) is 12.4 Å². The van der Waals surface area contributed by atoms with Gasteiger partial charge in [-0.25, -0.2) is 0 Å². The van der Waals surface area contributed by atoms with Crippen LogP contribution in [0, 0.1) is 0 Å². The molecule has 0 aromatic heterocycles. The molecule has 2 rings (SSSR count). The first kappa shape index (κ1) is 12.6. The summed E-state index contributed by atoms with van der Waals surface area (Å²) in [4.78, 5) is 10.8. The first-order valence-corrected chi connectivity index (χ1v) is 6.52. The zero-order valence-corrected chi connectivity index (χ0v) is 11.1. The summed E-state index contributed by atoms with van der Waals surface area (Å²) in [5.74, 6) is 0.621. The summed E-state index contributed by atoms with van der Waals surface area (Å²) in [5, 5.41) is 10.1. The lowest BCUT2D eigenvalue weighted by Crippen LogP contribution is -2.32. The summed E-state index contributed by atoms with van der Waals surface area (Å²) in [7, 11) is 0. The molecule has 1 N–H and O–H groups in total. The van der Waals surface area contributed by atoms with E-state index in [4.69, 9.17) is 4.74 Å². The molecule has 4 heteroatoms. The van der Waals surface area contributed by atoms with E-state index in [-0.39, 0.29) is 0 Å². The summed E-state index contributed by atoms with van der Waals surface area (Å²) in [5.41, 5.74) is -0.130. The van der Waals surface area contributed by atoms with Crippen LogP contribution in [-0.2, 0) is 0 Å². The summed E-state index contributed by atoms with van der Waals surface area (Å²) < 4.78 is 6.31. The molecule has 0 unspecified atom stereocenters. The van der Waals surface area contributed by atoms with Crippen LogP contribution in [0.1, 0.15) is 36.0 Å². The molecule has 0 aliphatic heterocycles. The van der Waals surface area contributed by atoms with Gasteiger partial charge >= 0.3 is 0 Å². The number of halogens is 1. The minimum absolute atomic E-state index is 0.299. The SMILES string of the molecule is O=Cc1cc(OCC2(O)CCCC2)ccc1Br. The maximum absolute atomic E-state index is 10.8. The van der Waals surface area contributed by atoms with Gasteiger partial charge in [-0.3, -0.25) is 4.79 Å². The van der Waals surface area contributed by atoms with Crippen molar-refractivity contribution in [3.8, 4) is 5.75 Å².